The number of carbonyl (C=O) groups excluding carboxylic acids is 2. The third-order valence-corrected chi connectivity index (χ3v) is 4.12. The second-order valence-corrected chi connectivity index (χ2v) is 5.71. The van der Waals surface area contributed by atoms with E-state index in [2.05, 4.69) is 21.2 Å². The molecule has 6 nitrogen and oxygen atoms in total. The van der Waals surface area contributed by atoms with Crippen molar-refractivity contribution in [1.82, 2.24) is 15.1 Å². The standard InChI is InChI=1S/C14H19BrN4O2/c1-2-17-14(21)19-7-5-18(6-8-19)13(20)10-3-4-12(16)11(15)9-10/h3-4,9H,2,5-8,16H2,1H3,(H,17,21). The molecule has 0 spiro atoms. The minimum absolute atomic E-state index is 0.0359. The van der Waals surface area contributed by atoms with Crippen molar-refractivity contribution in [3.8, 4) is 0 Å². The Labute approximate surface area is 132 Å². The number of carbonyl (C=O) groups is 2. The monoisotopic (exact) mass is 354 g/mol. The van der Waals surface area contributed by atoms with Crippen LogP contribution in [0.3, 0.4) is 0 Å². The predicted molar refractivity (Wildman–Crippen MR) is 85.1 cm³/mol. The molecule has 3 amide bonds. The zero-order valence-electron chi connectivity index (χ0n) is 11.9. The zero-order chi connectivity index (χ0) is 15.4. The van der Waals surface area contributed by atoms with E-state index in [0.717, 1.165) is 0 Å². The smallest absolute Gasteiger partial charge is 0.317 e. The zero-order valence-corrected chi connectivity index (χ0v) is 13.5. The van der Waals surface area contributed by atoms with Gasteiger partial charge in [0, 0.05) is 48.4 Å². The molecule has 0 aliphatic carbocycles. The Kier molecular flexibility index (Phi) is 5.06. The summed E-state index contributed by atoms with van der Waals surface area (Å²) in [5.74, 6) is -0.0359. The lowest BCUT2D eigenvalue weighted by Gasteiger charge is -2.34. The number of hydrogen-bond donors (Lipinski definition) is 2. The van der Waals surface area contributed by atoms with Crippen LogP contribution in [0, 0.1) is 0 Å². The topological polar surface area (TPSA) is 78.7 Å². The molecule has 0 saturated carbocycles. The van der Waals surface area contributed by atoms with Crippen molar-refractivity contribution in [2.45, 2.75) is 6.92 Å². The van der Waals surface area contributed by atoms with E-state index in [-0.39, 0.29) is 11.9 Å². The summed E-state index contributed by atoms with van der Waals surface area (Å²) in [4.78, 5) is 27.6. The van der Waals surface area contributed by atoms with Crippen LogP contribution in [0.1, 0.15) is 17.3 Å². The summed E-state index contributed by atoms with van der Waals surface area (Å²) in [6.07, 6.45) is 0. The fraction of sp³-hybridized carbons (Fsp3) is 0.429. The molecule has 0 atom stereocenters. The molecule has 3 N–H and O–H groups in total. The van der Waals surface area contributed by atoms with Crippen LogP contribution in [0.2, 0.25) is 0 Å². The van der Waals surface area contributed by atoms with Gasteiger partial charge in [0.25, 0.3) is 5.91 Å². The van der Waals surface area contributed by atoms with Crippen LogP contribution in [0.5, 0.6) is 0 Å². The van der Waals surface area contributed by atoms with Gasteiger partial charge in [0.1, 0.15) is 0 Å². The molecule has 1 fully saturated rings. The van der Waals surface area contributed by atoms with E-state index in [1.165, 1.54) is 0 Å². The molecule has 1 aliphatic rings. The fourth-order valence-corrected chi connectivity index (χ4v) is 2.60. The Balaban J connectivity index is 1.97. The highest BCUT2D eigenvalue weighted by molar-refractivity contribution is 9.10. The summed E-state index contributed by atoms with van der Waals surface area (Å²) in [6, 6.07) is 5.09. The highest BCUT2D eigenvalue weighted by atomic mass is 79.9. The molecule has 1 heterocycles. The molecule has 1 aromatic rings. The van der Waals surface area contributed by atoms with Crippen LogP contribution in [0.15, 0.2) is 22.7 Å². The van der Waals surface area contributed by atoms with Crippen LogP contribution in [-0.2, 0) is 0 Å². The lowest BCUT2D eigenvalue weighted by atomic mass is 10.1. The Morgan fingerprint density at radius 2 is 1.86 bits per heavy atom. The van der Waals surface area contributed by atoms with Gasteiger partial charge in [-0.25, -0.2) is 4.79 Å². The van der Waals surface area contributed by atoms with Crippen molar-refractivity contribution in [2.75, 3.05) is 38.5 Å². The number of amides is 3. The van der Waals surface area contributed by atoms with E-state index in [9.17, 15) is 9.59 Å². The number of nitrogens with two attached hydrogens (primary N) is 1. The maximum absolute atomic E-state index is 12.4. The molecule has 0 aromatic heterocycles. The third kappa shape index (κ3) is 3.66. The second-order valence-electron chi connectivity index (χ2n) is 4.85. The van der Waals surface area contributed by atoms with Crippen molar-refractivity contribution in [3.63, 3.8) is 0 Å². The van der Waals surface area contributed by atoms with Crippen molar-refractivity contribution < 1.29 is 9.59 Å². The Morgan fingerprint density at radius 1 is 1.24 bits per heavy atom. The summed E-state index contributed by atoms with van der Waals surface area (Å²) < 4.78 is 0.717. The molecule has 1 aliphatic heterocycles. The van der Waals surface area contributed by atoms with Gasteiger partial charge in [-0.1, -0.05) is 0 Å². The third-order valence-electron chi connectivity index (χ3n) is 3.43. The number of urea groups is 1. The van der Waals surface area contributed by atoms with E-state index in [1.807, 2.05) is 6.92 Å². The van der Waals surface area contributed by atoms with E-state index in [1.54, 1.807) is 28.0 Å². The fourth-order valence-electron chi connectivity index (χ4n) is 2.22. The Bertz CT molecular complexity index is 542. The molecular formula is C14H19BrN4O2. The average Bonchev–Trinajstić information content (AvgIpc) is 2.50. The van der Waals surface area contributed by atoms with E-state index in [0.29, 0.717) is 48.4 Å². The lowest BCUT2D eigenvalue weighted by Crippen LogP contribution is -2.53. The highest BCUT2D eigenvalue weighted by Crippen LogP contribution is 2.21. The summed E-state index contributed by atoms with van der Waals surface area (Å²) in [6.45, 7) is 4.67. The number of nitrogens with zero attached hydrogens (tertiary/aromatic N) is 2. The Morgan fingerprint density at radius 3 is 2.43 bits per heavy atom. The van der Waals surface area contributed by atoms with Crippen molar-refractivity contribution in [1.29, 1.82) is 0 Å². The first-order valence-electron chi connectivity index (χ1n) is 6.90. The number of nitrogen functional groups attached to an aromatic ring is 1. The van der Waals surface area contributed by atoms with Crippen LogP contribution in [0.4, 0.5) is 10.5 Å². The molecule has 0 unspecified atom stereocenters. The molecule has 0 radical (unpaired) electrons. The average molecular weight is 355 g/mol. The van der Waals surface area contributed by atoms with Crippen molar-refractivity contribution >= 4 is 33.6 Å². The highest BCUT2D eigenvalue weighted by Gasteiger charge is 2.24. The molecule has 114 valence electrons. The second kappa shape index (κ2) is 6.80. The van der Waals surface area contributed by atoms with Crippen LogP contribution < -0.4 is 11.1 Å². The quantitative estimate of drug-likeness (QED) is 0.790. The molecule has 21 heavy (non-hydrogen) atoms. The summed E-state index contributed by atoms with van der Waals surface area (Å²) >= 11 is 3.33. The number of nitrogens with one attached hydrogen (secondary N) is 1. The first kappa shape index (κ1) is 15.6. The molecule has 7 heteroatoms. The minimum atomic E-state index is -0.0696. The van der Waals surface area contributed by atoms with Gasteiger partial charge in [-0.15, -0.1) is 0 Å². The van der Waals surface area contributed by atoms with Gasteiger partial charge in [-0.3, -0.25) is 4.79 Å². The van der Waals surface area contributed by atoms with Crippen LogP contribution in [0.25, 0.3) is 0 Å². The number of rotatable bonds is 2. The molecule has 2 rings (SSSR count). The lowest BCUT2D eigenvalue weighted by molar-refractivity contribution is 0.0665. The number of benzene rings is 1. The number of anilines is 1. The Hall–Kier alpha value is -1.76. The first-order valence-corrected chi connectivity index (χ1v) is 7.69. The van der Waals surface area contributed by atoms with Crippen LogP contribution >= 0.6 is 15.9 Å². The van der Waals surface area contributed by atoms with Crippen molar-refractivity contribution in [3.05, 3.63) is 28.2 Å². The molecule has 1 saturated heterocycles. The van der Waals surface area contributed by atoms with Gasteiger partial charge >= 0.3 is 6.03 Å². The number of hydrogen-bond acceptors (Lipinski definition) is 3. The maximum Gasteiger partial charge on any atom is 0.317 e. The molecule has 1 aromatic carbocycles. The molecular weight excluding hydrogens is 336 g/mol. The number of piperazine rings is 1. The molecule has 0 bridgehead atoms. The number of halogens is 1. The summed E-state index contributed by atoms with van der Waals surface area (Å²) in [5.41, 5.74) is 6.93. The van der Waals surface area contributed by atoms with Gasteiger partial charge in [-0.05, 0) is 41.1 Å². The van der Waals surface area contributed by atoms with E-state index < -0.39 is 0 Å². The maximum atomic E-state index is 12.4. The largest absolute Gasteiger partial charge is 0.398 e. The van der Waals surface area contributed by atoms with Gasteiger partial charge in [0.2, 0.25) is 0 Å². The normalized spacial score (nSPS) is 15.0. The van der Waals surface area contributed by atoms with E-state index >= 15 is 0 Å². The van der Waals surface area contributed by atoms with Gasteiger partial charge in [0.05, 0.1) is 0 Å². The van der Waals surface area contributed by atoms with E-state index in [4.69, 9.17) is 5.73 Å². The summed E-state index contributed by atoms with van der Waals surface area (Å²) in [5, 5.41) is 2.77. The summed E-state index contributed by atoms with van der Waals surface area (Å²) in [7, 11) is 0. The van der Waals surface area contributed by atoms with Gasteiger partial charge < -0.3 is 20.9 Å². The van der Waals surface area contributed by atoms with Crippen LogP contribution in [-0.4, -0.2) is 54.5 Å². The minimum Gasteiger partial charge on any atom is -0.398 e. The predicted octanol–water partition coefficient (Wildman–Crippen LogP) is 1.52. The first-order chi connectivity index (χ1) is 10.0. The van der Waals surface area contributed by atoms with Gasteiger partial charge in [0.15, 0.2) is 0 Å². The van der Waals surface area contributed by atoms with Gasteiger partial charge in [-0.2, -0.15) is 0 Å². The SMILES string of the molecule is CCNC(=O)N1CCN(C(=O)c2ccc(N)c(Br)c2)CC1. The van der Waals surface area contributed by atoms with Crippen molar-refractivity contribution in [2.24, 2.45) is 0 Å².